The summed E-state index contributed by atoms with van der Waals surface area (Å²) in [6, 6.07) is 2.15. The third-order valence-electron chi connectivity index (χ3n) is 4.04. The molecule has 1 N–H and O–H groups in total. The van der Waals surface area contributed by atoms with Gasteiger partial charge in [-0.3, -0.25) is 0 Å². The average molecular weight is 336 g/mol. The van der Waals surface area contributed by atoms with Crippen molar-refractivity contribution in [2.75, 3.05) is 6.61 Å². The molecule has 2 aliphatic rings. The Hall–Kier alpha value is -1.28. The second kappa shape index (κ2) is 5.13. The van der Waals surface area contributed by atoms with E-state index in [9.17, 15) is 26.7 Å². The SMILES string of the molecule is O=S(=O)(c1ccc(OCC2CC2)c2c1C(O)CC2)C(F)(F)F. The van der Waals surface area contributed by atoms with Gasteiger partial charge in [-0.05, 0) is 43.7 Å². The van der Waals surface area contributed by atoms with E-state index >= 15 is 0 Å². The van der Waals surface area contributed by atoms with E-state index in [0.29, 0.717) is 30.3 Å². The maximum absolute atomic E-state index is 12.8. The van der Waals surface area contributed by atoms with Gasteiger partial charge in [0, 0.05) is 11.1 Å². The standard InChI is InChI=1S/C14H15F3O4S/c15-14(16,17)22(19,20)12-6-5-11(21-7-8-1-2-8)9-3-4-10(18)13(9)12/h5-6,8,10,18H,1-4,7H2. The van der Waals surface area contributed by atoms with E-state index in [1.807, 2.05) is 0 Å². The van der Waals surface area contributed by atoms with Crippen molar-refractivity contribution >= 4 is 9.84 Å². The first kappa shape index (κ1) is 15.6. The first-order valence-electron chi connectivity index (χ1n) is 7.00. The second-order valence-electron chi connectivity index (χ2n) is 5.71. The van der Waals surface area contributed by atoms with E-state index in [0.717, 1.165) is 18.9 Å². The van der Waals surface area contributed by atoms with Crippen LogP contribution in [-0.4, -0.2) is 25.6 Å². The Morgan fingerprint density at radius 1 is 1.23 bits per heavy atom. The summed E-state index contributed by atoms with van der Waals surface area (Å²) in [5.41, 5.74) is -5.18. The Morgan fingerprint density at radius 2 is 1.91 bits per heavy atom. The molecule has 1 aromatic rings. The fourth-order valence-corrected chi connectivity index (χ4v) is 3.70. The molecule has 22 heavy (non-hydrogen) atoms. The van der Waals surface area contributed by atoms with Crippen LogP contribution >= 0.6 is 0 Å². The summed E-state index contributed by atoms with van der Waals surface area (Å²) < 4.78 is 67.3. The van der Waals surface area contributed by atoms with Crippen molar-refractivity contribution in [1.29, 1.82) is 0 Å². The van der Waals surface area contributed by atoms with Crippen LogP contribution in [0.15, 0.2) is 17.0 Å². The molecule has 4 nitrogen and oxygen atoms in total. The summed E-state index contributed by atoms with van der Waals surface area (Å²) in [6.45, 7) is 0.466. The summed E-state index contributed by atoms with van der Waals surface area (Å²) >= 11 is 0. The fourth-order valence-electron chi connectivity index (χ4n) is 2.66. The Bertz CT molecular complexity index is 693. The highest BCUT2D eigenvalue weighted by Gasteiger charge is 2.49. The number of fused-ring (bicyclic) bond motifs is 1. The smallest absolute Gasteiger partial charge is 0.493 e. The zero-order valence-electron chi connectivity index (χ0n) is 11.6. The number of aliphatic hydroxyl groups excluding tert-OH is 1. The van der Waals surface area contributed by atoms with Crippen molar-refractivity contribution in [3.63, 3.8) is 0 Å². The fraction of sp³-hybridized carbons (Fsp3) is 0.571. The van der Waals surface area contributed by atoms with Gasteiger partial charge in [0.15, 0.2) is 0 Å². The largest absolute Gasteiger partial charge is 0.501 e. The lowest BCUT2D eigenvalue weighted by Gasteiger charge is -2.17. The molecule has 0 aromatic heterocycles. The van der Waals surface area contributed by atoms with Gasteiger partial charge in [0.05, 0.1) is 17.6 Å². The van der Waals surface area contributed by atoms with E-state index in [1.54, 1.807) is 0 Å². The normalized spacial score (nSPS) is 21.7. The molecule has 0 spiro atoms. The first-order chi connectivity index (χ1) is 10.2. The summed E-state index contributed by atoms with van der Waals surface area (Å²) in [6.07, 6.45) is 1.40. The number of hydrogen-bond donors (Lipinski definition) is 1. The van der Waals surface area contributed by atoms with E-state index < -0.39 is 26.3 Å². The monoisotopic (exact) mass is 336 g/mol. The molecule has 3 rings (SSSR count). The molecule has 1 atom stereocenters. The zero-order valence-corrected chi connectivity index (χ0v) is 12.4. The quantitative estimate of drug-likeness (QED) is 0.918. The van der Waals surface area contributed by atoms with Crippen LogP contribution in [0, 0.1) is 5.92 Å². The number of ether oxygens (including phenoxy) is 1. The summed E-state index contributed by atoms with van der Waals surface area (Å²) in [5, 5.41) is 9.92. The van der Waals surface area contributed by atoms with E-state index in [4.69, 9.17) is 4.74 Å². The van der Waals surface area contributed by atoms with Gasteiger partial charge in [0.1, 0.15) is 5.75 Å². The highest BCUT2D eigenvalue weighted by atomic mass is 32.2. The minimum Gasteiger partial charge on any atom is -0.493 e. The lowest BCUT2D eigenvalue weighted by atomic mass is 10.1. The molecular formula is C14H15F3O4S. The average Bonchev–Trinajstić information content (AvgIpc) is 3.18. The van der Waals surface area contributed by atoms with Crippen molar-refractivity contribution in [3.8, 4) is 5.75 Å². The molecule has 0 bridgehead atoms. The number of benzene rings is 1. The molecule has 0 amide bonds. The highest BCUT2D eigenvalue weighted by molar-refractivity contribution is 7.92. The number of aliphatic hydroxyl groups is 1. The molecule has 1 saturated carbocycles. The molecule has 0 heterocycles. The van der Waals surface area contributed by atoms with Gasteiger partial charge in [-0.15, -0.1) is 0 Å². The number of hydrogen-bond acceptors (Lipinski definition) is 4. The number of rotatable bonds is 4. The second-order valence-corrected chi connectivity index (χ2v) is 7.62. The van der Waals surface area contributed by atoms with Crippen LogP contribution in [0.5, 0.6) is 5.75 Å². The Morgan fingerprint density at radius 3 is 2.50 bits per heavy atom. The van der Waals surface area contributed by atoms with Gasteiger partial charge in [-0.2, -0.15) is 13.2 Å². The van der Waals surface area contributed by atoms with Crippen LogP contribution < -0.4 is 4.74 Å². The van der Waals surface area contributed by atoms with Crippen molar-refractivity contribution in [1.82, 2.24) is 0 Å². The Balaban J connectivity index is 2.04. The molecule has 1 unspecified atom stereocenters. The number of alkyl halides is 3. The minimum absolute atomic E-state index is 0.161. The topological polar surface area (TPSA) is 63.6 Å². The van der Waals surface area contributed by atoms with Crippen molar-refractivity contribution < 1.29 is 31.4 Å². The minimum atomic E-state index is -5.49. The van der Waals surface area contributed by atoms with Gasteiger partial charge in [0.25, 0.3) is 9.84 Å². The first-order valence-corrected chi connectivity index (χ1v) is 8.48. The molecule has 1 aromatic carbocycles. The maximum Gasteiger partial charge on any atom is 0.501 e. The number of halogens is 3. The van der Waals surface area contributed by atoms with Crippen molar-refractivity contribution in [2.24, 2.45) is 5.92 Å². The molecule has 8 heteroatoms. The van der Waals surface area contributed by atoms with Crippen LogP contribution in [-0.2, 0) is 16.3 Å². The predicted octanol–water partition coefficient (Wildman–Crippen LogP) is 2.75. The Kier molecular flexibility index (Phi) is 3.64. The van der Waals surface area contributed by atoms with E-state index in [2.05, 4.69) is 0 Å². The number of sulfone groups is 1. The van der Waals surface area contributed by atoms with Crippen LogP contribution in [0.2, 0.25) is 0 Å². The van der Waals surface area contributed by atoms with Crippen LogP contribution in [0.25, 0.3) is 0 Å². The molecule has 122 valence electrons. The molecule has 0 saturated heterocycles. The summed E-state index contributed by atoms with van der Waals surface area (Å²) in [4.78, 5) is -0.862. The van der Waals surface area contributed by atoms with E-state index in [1.165, 1.54) is 6.07 Å². The lowest BCUT2D eigenvalue weighted by molar-refractivity contribution is -0.0437. The van der Waals surface area contributed by atoms with Gasteiger partial charge in [-0.25, -0.2) is 8.42 Å². The molecule has 1 fully saturated rings. The third kappa shape index (κ3) is 2.58. The van der Waals surface area contributed by atoms with Crippen molar-refractivity contribution in [3.05, 3.63) is 23.3 Å². The molecular weight excluding hydrogens is 321 g/mol. The van der Waals surface area contributed by atoms with Gasteiger partial charge < -0.3 is 9.84 Å². The lowest BCUT2D eigenvalue weighted by Crippen LogP contribution is -2.25. The zero-order chi connectivity index (χ0) is 16.1. The van der Waals surface area contributed by atoms with Crippen LogP contribution in [0.3, 0.4) is 0 Å². The molecule has 0 aliphatic heterocycles. The van der Waals surface area contributed by atoms with Gasteiger partial charge >= 0.3 is 5.51 Å². The van der Waals surface area contributed by atoms with E-state index in [-0.39, 0.29) is 12.0 Å². The summed E-state index contributed by atoms with van der Waals surface area (Å²) in [7, 11) is -5.49. The van der Waals surface area contributed by atoms with Gasteiger partial charge in [0.2, 0.25) is 0 Å². The van der Waals surface area contributed by atoms with Gasteiger partial charge in [-0.1, -0.05) is 0 Å². The third-order valence-corrected chi connectivity index (χ3v) is 5.59. The maximum atomic E-state index is 12.8. The highest BCUT2D eigenvalue weighted by Crippen LogP contribution is 2.44. The van der Waals surface area contributed by atoms with Crippen molar-refractivity contribution in [2.45, 2.75) is 42.2 Å². The van der Waals surface area contributed by atoms with Crippen LogP contribution in [0.4, 0.5) is 13.2 Å². The molecule has 0 radical (unpaired) electrons. The van der Waals surface area contributed by atoms with Crippen LogP contribution in [0.1, 0.15) is 36.5 Å². The Labute approximate surface area is 125 Å². The summed E-state index contributed by atoms with van der Waals surface area (Å²) in [5.74, 6) is 0.833. The molecule has 2 aliphatic carbocycles. The predicted molar refractivity (Wildman–Crippen MR) is 71.2 cm³/mol.